The number of hydrogen-bond donors (Lipinski definition) is 3. The van der Waals surface area contributed by atoms with E-state index in [4.69, 9.17) is 0 Å². The number of fused-ring (bicyclic) bond motifs is 1. The van der Waals surface area contributed by atoms with E-state index in [1.165, 1.54) is 23.1 Å². The lowest BCUT2D eigenvalue weighted by Crippen LogP contribution is -2.09. The lowest BCUT2D eigenvalue weighted by Gasteiger charge is -2.09. The predicted molar refractivity (Wildman–Crippen MR) is 111 cm³/mol. The van der Waals surface area contributed by atoms with E-state index in [1.54, 1.807) is 18.5 Å². The summed E-state index contributed by atoms with van der Waals surface area (Å²) in [6.45, 7) is 1.51. The molecule has 142 valence electrons. The average molecular weight is 375 g/mol. The van der Waals surface area contributed by atoms with Crippen LogP contribution in [0.1, 0.15) is 11.1 Å². The van der Waals surface area contributed by atoms with Crippen LogP contribution < -0.4 is 10.6 Å². The molecule has 6 heteroatoms. The van der Waals surface area contributed by atoms with Crippen molar-refractivity contribution in [3.8, 4) is 0 Å². The number of hydrogen-bond acceptors (Lipinski definition) is 4. The molecular formula is C22H22FN5. The molecule has 4 rings (SSSR count). The fraction of sp³-hybridized carbons (Fsp3) is 0.182. The molecule has 0 amide bonds. The van der Waals surface area contributed by atoms with Crippen molar-refractivity contribution in [3.63, 3.8) is 0 Å². The number of rotatable bonds is 8. The molecule has 0 aliphatic rings. The second-order valence-corrected chi connectivity index (χ2v) is 6.63. The van der Waals surface area contributed by atoms with Gasteiger partial charge in [0, 0.05) is 36.3 Å². The summed E-state index contributed by atoms with van der Waals surface area (Å²) in [6, 6.07) is 16.8. The highest BCUT2D eigenvalue weighted by Gasteiger charge is 2.03. The third kappa shape index (κ3) is 4.46. The van der Waals surface area contributed by atoms with E-state index in [9.17, 15) is 4.39 Å². The van der Waals surface area contributed by atoms with Gasteiger partial charge in [-0.15, -0.1) is 0 Å². The minimum atomic E-state index is -0.212. The van der Waals surface area contributed by atoms with Crippen molar-refractivity contribution in [3.05, 3.63) is 84.1 Å². The van der Waals surface area contributed by atoms with Gasteiger partial charge in [0.1, 0.15) is 23.8 Å². The Morgan fingerprint density at radius 1 is 0.857 bits per heavy atom. The summed E-state index contributed by atoms with van der Waals surface area (Å²) in [6.07, 6.45) is 5.32. The molecule has 0 saturated heterocycles. The molecule has 0 saturated carbocycles. The number of aromatic nitrogens is 3. The maximum Gasteiger partial charge on any atom is 0.131 e. The number of nitrogens with one attached hydrogen (secondary N) is 3. The van der Waals surface area contributed by atoms with Crippen LogP contribution in [0.15, 0.2) is 67.1 Å². The first-order valence-corrected chi connectivity index (χ1v) is 9.37. The summed E-state index contributed by atoms with van der Waals surface area (Å²) in [5.41, 5.74) is 3.53. The normalized spacial score (nSPS) is 10.9. The van der Waals surface area contributed by atoms with E-state index in [-0.39, 0.29) is 5.82 Å². The summed E-state index contributed by atoms with van der Waals surface area (Å²) in [5, 5.41) is 7.90. The van der Waals surface area contributed by atoms with Gasteiger partial charge < -0.3 is 15.6 Å². The molecule has 28 heavy (non-hydrogen) atoms. The van der Waals surface area contributed by atoms with Gasteiger partial charge in [-0.1, -0.05) is 30.3 Å². The maximum atomic E-state index is 12.9. The van der Waals surface area contributed by atoms with Crippen LogP contribution in [0.25, 0.3) is 10.9 Å². The highest BCUT2D eigenvalue weighted by Crippen LogP contribution is 2.18. The fourth-order valence-electron chi connectivity index (χ4n) is 3.20. The van der Waals surface area contributed by atoms with Crippen LogP contribution in [0, 0.1) is 5.82 Å². The van der Waals surface area contributed by atoms with Crippen molar-refractivity contribution in [1.29, 1.82) is 0 Å². The van der Waals surface area contributed by atoms with E-state index in [2.05, 4.69) is 50.0 Å². The molecule has 2 aromatic heterocycles. The molecule has 0 radical (unpaired) electrons. The highest BCUT2D eigenvalue weighted by molar-refractivity contribution is 5.83. The van der Waals surface area contributed by atoms with Crippen molar-refractivity contribution in [2.24, 2.45) is 0 Å². The highest BCUT2D eigenvalue weighted by atomic mass is 19.1. The molecule has 2 heterocycles. The molecule has 0 fully saturated rings. The molecule has 0 aliphatic heterocycles. The minimum absolute atomic E-state index is 0.212. The summed E-state index contributed by atoms with van der Waals surface area (Å²) in [4.78, 5) is 11.8. The Morgan fingerprint density at radius 2 is 1.57 bits per heavy atom. The monoisotopic (exact) mass is 375 g/mol. The molecular weight excluding hydrogens is 353 g/mol. The molecule has 0 unspecified atom stereocenters. The van der Waals surface area contributed by atoms with Crippen molar-refractivity contribution >= 4 is 22.5 Å². The molecule has 0 spiro atoms. The second kappa shape index (κ2) is 8.52. The second-order valence-electron chi connectivity index (χ2n) is 6.63. The quantitative estimate of drug-likeness (QED) is 0.427. The number of aromatic amines is 1. The molecule has 5 nitrogen and oxygen atoms in total. The Morgan fingerprint density at radius 3 is 2.36 bits per heavy atom. The zero-order chi connectivity index (χ0) is 19.2. The van der Waals surface area contributed by atoms with Crippen LogP contribution in [-0.2, 0) is 12.8 Å². The first-order valence-electron chi connectivity index (χ1n) is 9.37. The van der Waals surface area contributed by atoms with Gasteiger partial charge in [-0.25, -0.2) is 14.4 Å². The first kappa shape index (κ1) is 18.0. The third-order valence-corrected chi connectivity index (χ3v) is 4.68. The van der Waals surface area contributed by atoms with Gasteiger partial charge in [-0.05, 0) is 42.2 Å². The Hall–Kier alpha value is -3.41. The van der Waals surface area contributed by atoms with Crippen molar-refractivity contribution in [1.82, 2.24) is 15.0 Å². The summed E-state index contributed by atoms with van der Waals surface area (Å²) < 4.78 is 12.9. The van der Waals surface area contributed by atoms with Crippen LogP contribution in [0.5, 0.6) is 0 Å². The smallest absolute Gasteiger partial charge is 0.131 e. The first-order chi connectivity index (χ1) is 13.8. The van der Waals surface area contributed by atoms with E-state index in [1.807, 2.05) is 12.1 Å². The minimum Gasteiger partial charge on any atom is -0.370 e. The average Bonchev–Trinajstić information content (AvgIpc) is 3.13. The van der Waals surface area contributed by atoms with E-state index in [0.29, 0.717) is 0 Å². The van der Waals surface area contributed by atoms with Gasteiger partial charge >= 0.3 is 0 Å². The maximum absolute atomic E-state index is 12.9. The predicted octanol–water partition coefficient (Wildman–Crippen LogP) is 4.41. The topological polar surface area (TPSA) is 65.6 Å². The SMILES string of the molecule is Fc1ccc(CCNc2cc(NCCc3c[nH]c4ccccc34)ncn2)cc1. The van der Waals surface area contributed by atoms with Crippen LogP contribution >= 0.6 is 0 Å². The Labute approximate surface area is 163 Å². The van der Waals surface area contributed by atoms with Crippen molar-refractivity contribution in [2.75, 3.05) is 23.7 Å². The molecule has 2 aromatic carbocycles. The largest absolute Gasteiger partial charge is 0.370 e. The Balaban J connectivity index is 1.28. The number of benzene rings is 2. The molecule has 0 atom stereocenters. The number of para-hydroxylation sites is 1. The van der Waals surface area contributed by atoms with E-state index >= 15 is 0 Å². The molecule has 0 aliphatic carbocycles. The van der Waals surface area contributed by atoms with Crippen LogP contribution in [0.2, 0.25) is 0 Å². The zero-order valence-corrected chi connectivity index (χ0v) is 15.5. The molecule has 4 aromatic rings. The number of H-pyrrole nitrogens is 1. The lowest BCUT2D eigenvalue weighted by atomic mass is 10.1. The summed E-state index contributed by atoms with van der Waals surface area (Å²) >= 11 is 0. The van der Waals surface area contributed by atoms with Gasteiger partial charge in [-0.2, -0.15) is 0 Å². The van der Waals surface area contributed by atoms with Crippen LogP contribution in [0.3, 0.4) is 0 Å². The van der Waals surface area contributed by atoms with Gasteiger partial charge in [0.2, 0.25) is 0 Å². The Bertz CT molecular complexity index is 1040. The molecule has 0 bridgehead atoms. The molecule has 3 N–H and O–H groups in total. The zero-order valence-electron chi connectivity index (χ0n) is 15.5. The summed E-state index contributed by atoms with van der Waals surface area (Å²) in [7, 11) is 0. The van der Waals surface area contributed by atoms with Gasteiger partial charge in [0.15, 0.2) is 0 Å². The van der Waals surface area contributed by atoms with E-state index in [0.717, 1.165) is 48.6 Å². The van der Waals surface area contributed by atoms with E-state index < -0.39 is 0 Å². The van der Waals surface area contributed by atoms with Gasteiger partial charge in [0.05, 0.1) is 0 Å². The third-order valence-electron chi connectivity index (χ3n) is 4.68. The summed E-state index contributed by atoms with van der Waals surface area (Å²) in [5.74, 6) is 1.35. The Kier molecular flexibility index (Phi) is 5.47. The standard InChI is InChI=1S/C22H22FN5/c23-18-7-5-16(6-8-18)9-11-24-21-13-22(28-15-27-21)25-12-10-17-14-26-20-4-2-1-3-19(17)20/h1-8,13-15,26H,9-12H2,(H2,24,25,27,28). The lowest BCUT2D eigenvalue weighted by molar-refractivity contribution is 0.627. The number of anilines is 2. The van der Waals surface area contributed by atoms with Crippen LogP contribution in [-0.4, -0.2) is 28.0 Å². The van der Waals surface area contributed by atoms with Crippen molar-refractivity contribution in [2.45, 2.75) is 12.8 Å². The van der Waals surface area contributed by atoms with Gasteiger partial charge in [-0.3, -0.25) is 0 Å². The van der Waals surface area contributed by atoms with Crippen LogP contribution in [0.4, 0.5) is 16.0 Å². The number of halogens is 1. The van der Waals surface area contributed by atoms with Gasteiger partial charge in [0.25, 0.3) is 0 Å². The number of nitrogens with zero attached hydrogens (tertiary/aromatic N) is 2. The van der Waals surface area contributed by atoms with Crippen molar-refractivity contribution < 1.29 is 4.39 Å². The fourth-order valence-corrected chi connectivity index (χ4v) is 3.20.